The minimum absolute atomic E-state index is 0.289. The van der Waals surface area contributed by atoms with Crippen molar-refractivity contribution in [2.75, 3.05) is 13.7 Å². The molecule has 2 aliphatic heterocycles. The third-order valence-corrected chi connectivity index (χ3v) is 6.55. The lowest BCUT2D eigenvalue weighted by Gasteiger charge is -2.44. The van der Waals surface area contributed by atoms with E-state index < -0.39 is 5.60 Å². The zero-order chi connectivity index (χ0) is 20.6. The number of ether oxygens (including phenoxy) is 2. The monoisotopic (exact) mass is 399 g/mol. The highest BCUT2D eigenvalue weighted by Crippen LogP contribution is 2.46. The Labute approximate surface area is 172 Å². The van der Waals surface area contributed by atoms with E-state index in [4.69, 9.17) is 9.47 Å². The van der Waals surface area contributed by atoms with Gasteiger partial charge in [0, 0.05) is 18.6 Å². The molecule has 0 saturated carbocycles. The quantitative estimate of drug-likeness (QED) is 0.773. The molecule has 2 fully saturated rings. The summed E-state index contributed by atoms with van der Waals surface area (Å²) in [4.78, 5) is 2.51. The summed E-state index contributed by atoms with van der Waals surface area (Å²) >= 11 is 0. The van der Waals surface area contributed by atoms with Crippen LogP contribution in [-0.4, -0.2) is 35.8 Å². The average Bonchev–Trinajstić information content (AvgIpc) is 2.94. The third-order valence-electron chi connectivity index (χ3n) is 6.55. The maximum atomic E-state index is 13.7. The van der Waals surface area contributed by atoms with Crippen molar-refractivity contribution in [3.63, 3.8) is 0 Å². The highest BCUT2D eigenvalue weighted by Gasteiger charge is 2.48. The van der Waals surface area contributed by atoms with Gasteiger partial charge in [0.2, 0.25) is 0 Å². The molecule has 2 atom stereocenters. The summed E-state index contributed by atoms with van der Waals surface area (Å²) in [7, 11) is 1.66. The number of fused-ring (bicyclic) bond motifs is 2. The Bertz CT molecular complexity index is 870. The first-order chi connectivity index (χ1) is 13.9. The highest BCUT2D eigenvalue weighted by molar-refractivity contribution is 5.47. The molecule has 2 aromatic carbocycles. The lowest BCUT2D eigenvalue weighted by molar-refractivity contribution is -0.0597. The summed E-state index contributed by atoms with van der Waals surface area (Å²) in [6.45, 7) is 5.48. The van der Waals surface area contributed by atoms with Crippen LogP contribution in [0.1, 0.15) is 49.3 Å². The Morgan fingerprint density at radius 1 is 1.14 bits per heavy atom. The molecule has 0 aliphatic carbocycles. The first-order valence-corrected chi connectivity index (χ1v) is 10.5. The minimum Gasteiger partial charge on any atom is -0.493 e. The Hall–Kier alpha value is -2.11. The predicted molar refractivity (Wildman–Crippen MR) is 111 cm³/mol. The molecule has 2 aromatic rings. The number of hydrogen-bond acceptors (Lipinski definition) is 4. The van der Waals surface area contributed by atoms with Crippen molar-refractivity contribution in [3.8, 4) is 11.5 Å². The van der Waals surface area contributed by atoms with E-state index >= 15 is 0 Å². The molecular weight excluding hydrogens is 369 g/mol. The largest absolute Gasteiger partial charge is 0.493 e. The molecule has 0 spiro atoms. The molecule has 0 unspecified atom stereocenters. The van der Waals surface area contributed by atoms with Gasteiger partial charge in [-0.05, 0) is 80.5 Å². The van der Waals surface area contributed by atoms with Gasteiger partial charge in [0.1, 0.15) is 5.82 Å². The average molecular weight is 400 g/mol. The fourth-order valence-electron chi connectivity index (χ4n) is 5.09. The number of methoxy groups -OCH3 is 1. The lowest BCUT2D eigenvalue weighted by Crippen LogP contribution is -2.49. The standard InChI is InChI=1S/C24H30FNO3/c1-4-29-23-11-17(16(2)10-22(23)28-3)15-26-20-8-9-21(26)14-24(27,13-20)18-6-5-7-19(25)12-18/h5-7,10-12,20-21,27H,4,8-9,13-15H2,1-3H3/t20-,21-/m1/s1. The van der Waals surface area contributed by atoms with Crippen molar-refractivity contribution in [3.05, 3.63) is 58.9 Å². The van der Waals surface area contributed by atoms with Crippen molar-refractivity contribution in [2.24, 2.45) is 0 Å². The van der Waals surface area contributed by atoms with Crippen LogP contribution in [0, 0.1) is 12.7 Å². The molecule has 29 heavy (non-hydrogen) atoms. The number of aryl methyl sites for hydroxylation is 1. The molecular formula is C24H30FNO3. The lowest BCUT2D eigenvalue weighted by atomic mass is 9.80. The van der Waals surface area contributed by atoms with Gasteiger partial charge in [-0.2, -0.15) is 0 Å². The van der Waals surface area contributed by atoms with Crippen LogP contribution in [0.5, 0.6) is 11.5 Å². The number of nitrogens with zero attached hydrogens (tertiary/aromatic N) is 1. The molecule has 2 saturated heterocycles. The van der Waals surface area contributed by atoms with Gasteiger partial charge in [-0.15, -0.1) is 0 Å². The van der Waals surface area contributed by atoms with Crippen LogP contribution >= 0.6 is 0 Å². The summed E-state index contributed by atoms with van der Waals surface area (Å²) in [6, 6.07) is 11.2. The Balaban J connectivity index is 1.56. The first kappa shape index (κ1) is 20.2. The molecule has 2 aliphatic rings. The van der Waals surface area contributed by atoms with E-state index in [0.29, 0.717) is 37.1 Å². The van der Waals surface area contributed by atoms with Crippen molar-refractivity contribution in [1.29, 1.82) is 0 Å². The zero-order valence-corrected chi connectivity index (χ0v) is 17.5. The smallest absolute Gasteiger partial charge is 0.161 e. The van der Waals surface area contributed by atoms with Crippen LogP contribution < -0.4 is 9.47 Å². The molecule has 4 rings (SSSR count). The van der Waals surface area contributed by atoms with Gasteiger partial charge >= 0.3 is 0 Å². The fraction of sp³-hybridized carbons (Fsp3) is 0.500. The van der Waals surface area contributed by atoms with E-state index in [1.165, 1.54) is 23.3 Å². The van der Waals surface area contributed by atoms with Crippen molar-refractivity contribution < 1.29 is 19.0 Å². The molecule has 0 aromatic heterocycles. The van der Waals surface area contributed by atoms with E-state index in [1.807, 2.05) is 19.1 Å². The van der Waals surface area contributed by atoms with Crippen LogP contribution in [0.2, 0.25) is 0 Å². The van der Waals surface area contributed by atoms with Gasteiger partial charge in [-0.25, -0.2) is 4.39 Å². The summed E-state index contributed by atoms with van der Waals surface area (Å²) in [6.07, 6.45) is 3.41. The van der Waals surface area contributed by atoms with E-state index in [9.17, 15) is 9.50 Å². The number of halogens is 1. The normalized spacial score (nSPS) is 26.5. The number of benzene rings is 2. The molecule has 5 heteroatoms. The number of aliphatic hydroxyl groups is 1. The van der Waals surface area contributed by atoms with Gasteiger partial charge in [-0.1, -0.05) is 12.1 Å². The molecule has 4 nitrogen and oxygen atoms in total. The summed E-state index contributed by atoms with van der Waals surface area (Å²) in [5.41, 5.74) is 2.15. The zero-order valence-electron chi connectivity index (χ0n) is 17.5. The summed E-state index contributed by atoms with van der Waals surface area (Å²) < 4.78 is 25.0. The maximum absolute atomic E-state index is 13.7. The second-order valence-electron chi connectivity index (χ2n) is 8.37. The van der Waals surface area contributed by atoms with Crippen molar-refractivity contribution in [2.45, 2.75) is 63.8 Å². The van der Waals surface area contributed by atoms with Crippen molar-refractivity contribution in [1.82, 2.24) is 4.90 Å². The van der Waals surface area contributed by atoms with Crippen LogP contribution in [-0.2, 0) is 12.1 Å². The van der Waals surface area contributed by atoms with E-state index in [-0.39, 0.29) is 5.82 Å². The molecule has 2 bridgehead atoms. The Morgan fingerprint density at radius 2 is 1.86 bits per heavy atom. The Kier molecular flexibility index (Phi) is 5.54. The molecule has 0 radical (unpaired) electrons. The van der Waals surface area contributed by atoms with Crippen LogP contribution in [0.25, 0.3) is 0 Å². The topological polar surface area (TPSA) is 41.9 Å². The van der Waals surface area contributed by atoms with Gasteiger partial charge in [0.15, 0.2) is 11.5 Å². The first-order valence-electron chi connectivity index (χ1n) is 10.5. The van der Waals surface area contributed by atoms with Crippen LogP contribution in [0.15, 0.2) is 36.4 Å². The van der Waals surface area contributed by atoms with Crippen LogP contribution in [0.4, 0.5) is 4.39 Å². The number of rotatable bonds is 6. The third kappa shape index (κ3) is 3.86. The van der Waals surface area contributed by atoms with E-state index in [1.54, 1.807) is 13.2 Å². The van der Waals surface area contributed by atoms with Crippen molar-refractivity contribution >= 4 is 0 Å². The van der Waals surface area contributed by atoms with Gasteiger partial charge < -0.3 is 14.6 Å². The summed E-state index contributed by atoms with van der Waals surface area (Å²) in [5, 5.41) is 11.3. The SMILES string of the molecule is CCOc1cc(CN2[C@@H]3CC[C@@H]2CC(O)(c2cccc(F)c2)C3)c(C)cc1OC. The Morgan fingerprint density at radius 3 is 2.48 bits per heavy atom. The molecule has 1 N–H and O–H groups in total. The molecule has 156 valence electrons. The number of piperidine rings is 1. The number of hydrogen-bond donors (Lipinski definition) is 1. The highest BCUT2D eigenvalue weighted by atomic mass is 19.1. The van der Waals surface area contributed by atoms with Gasteiger partial charge in [0.05, 0.1) is 19.3 Å². The van der Waals surface area contributed by atoms with E-state index in [2.05, 4.69) is 17.9 Å². The maximum Gasteiger partial charge on any atom is 0.161 e. The molecule has 2 heterocycles. The predicted octanol–water partition coefficient (Wildman–Crippen LogP) is 4.56. The fourth-order valence-corrected chi connectivity index (χ4v) is 5.09. The minimum atomic E-state index is -0.949. The van der Waals surface area contributed by atoms with E-state index in [0.717, 1.165) is 30.9 Å². The van der Waals surface area contributed by atoms with Crippen LogP contribution in [0.3, 0.4) is 0 Å². The van der Waals surface area contributed by atoms with Gasteiger partial charge in [-0.3, -0.25) is 4.90 Å². The van der Waals surface area contributed by atoms with Gasteiger partial charge in [0.25, 0.3) is 0 Å². The second-order valence-corrected chi connectivity index (χ2v) is 8.37. The second kappa shape index (κ2) is 7.96. The molecule has 0 amide bonds. The summed E-state index contributed by atoms with van der Waals surface area (Å²) in [5.74, 6) is 1.24.